The van der Waals surface area contributed by atoms with Crippen molar-refractivity contribution in [1.29, 1.82) is 0 Å². The molecule has 0 aromatic heterocycles. The lowest BCUT2D eigenvalue weighted by molar-refractivity contribution is -0.115. The Bertz CT molecular complexity index is 460. The summed E-state index contributed by atoms with van der Waals surface area (Å²) in [5, 5.41) is 6.41. The molecule has 0 radical (unpaired) electrons. The van der Waals surface area contributed by atoms with Crippen LogP contribution in [-0.4, -0.2) is 12.5 Å². The summed E-state index contributed by atoms with van der Waals surface area (Å²) in [5.74, 6) is 0.0953. The van der Waals surface area contributed by atoms with Crippen LogP contribution in [0.15, 0.2) is 18.2 Å². The van der Waals surface area contributed by atoms with E-state index in [9.17, 15) is 4.79 Å². The van der Waals surface area contributed by atoms with Crippen molar-refractivity contribution in [2.75, 3.05) is 11.9 Å². The lowest BCUT2D eigenvalue weighted by Crippen LogP contribution is -2.32. The molecular weight excluding hydrogens is 224 g/mol. The fraction of sp³-hybridized carbons (Fsp3) is 0.533. The molecule has 0 bridgehead atoms. The van der Waals surface area contributed by atoms with Crippen LogP contribution in [0.1, 0.15) is 44.9 Å². The van der Waals surface area contributed by atoms with Crippen molar-refractivity contribution in [3.8, 4) is 0 Å². The fourth-order valence-corrected chi connectivity index (χ4v) is 2.56. The molecule has 0 fully saturated rings. The van der Waals surface area contributed by atoms with Crippen LogP contribution in [0.4, 0.5) is 5.69 Å². The Morgan fingerprint density at radius 2 is 2.11 bits per heavy atom. The lowest BCUT2D eigenvalue weighted by Gasteiger charge is -2.32. The smallest absolute Gasteiger partial charge is 0.228 e. The molecular formula is C15H22N2O. The van der Waals surface area contributed by atoms with E-state index >= 15 is 0 Å². The van der Waals surface area contributed by atoms with Gasteiger partial charge in [0.25, 0.3) is 0 Å². The molecule has 2 N–H and O–H groups in total. The Labute approximate surface area is 109 Å². The van der Waals surface area contributed by atoms with Gasteiger partial charge in [0.2, 0.25) is 5.91 Å². The summed E-state index contributed by atoms with van der Waals surface area (Å²) in [4.78, 5) is 11.4. The highest BCUT2D eigenvalue weighted by atomic mass is 16.1. The van der Waals surface area contributed by atoms with Crippen molar-refractivity contribution in [1.82, 2.24) is 5.32 Å². The van der Waals surface area contributed by atoms with E-state index in [1.165, 1.54) is 5.56 Å². The van der Waals surface area contributed by atoms with Crippen LogP contribution in [0.5, 0.6) is 0 Å². The Hall–Kier alpha value is -1.35. The minimum Gasteiger partial charge on any atom is -0.326 e. The summed E-state index contributed by atoms with van der Waals surface area (Å²) in [6.07, 6.45) is 0.506. The largest absolute Gasteiger partial charge is 0.326 e. The molecule has 3 heteroatoms. The van der Waals surface area contributed by atoms with Crippen LogP contribution >= 0.6 is 0 Å². The molecule has 1 amide bonds. The number of carbonyl (C=O) groups excluding carboxylic acids is 1. The minimum absolute atomic E-state index is 0.0953. The van der Waals surface area contributed by atoms with Gasteiger partial charge in [-0.3, -0.25) is 4.79 Å². The number of hydrogen-bond acceptors (Lipinski definition) is 2. The number of fused-ring (bicyclic) bond motifs is 1. The zero-order chi connectivity index (χ0) is 13.3. The van der Waals surface area contributed by atoms with E-state index in [-0.39, 0.29) is 11.3 Å². The first-order chi connectivity index (χ1) is 8.41. The molecule has 1 heterocycles. The molecule has 3 nitrogen and oxygen atoms in total. The quantitative estimate of drug-likeness (QED) is 0.861. The number of rotatable bonds is 3. The first kappa shape index (κ1) is 13.1. The number of benzene rings is 1. The molecule has 0 saturated heterocycles. The van der Waals surface area contributed by atoms with Crippen LogP contribution in [0.3, 0.4) is 0 Å². The molecule has 1 unspecified atom stereocenters. The standard InChI is InChI=1S/C15H22N2O/c1-5-16-14(15(2,3)4)10-6-7-12-11(8-10)9-13(18)17-12/h6-8,14,16H,5,9H2,1-4H3,(H,17,18). The van der Waals surface area contributed by atoms with Crippen molar-refractivity contribution >= 4 is 11.6 Å². The van der Waals surface area contributed by atoms with Gasteiger partial charge in [0.05, 0.1) is 6.42 Å². The topological polar surface area (TPSA) is 41.1 Å². The highest BCUT2D eigenvalue weighted by molar-refractivity contribution is 5.99. The molecule has 98 valence electrons. The van der Waals surface area contributed by atoms with E-state index in [1.807, 2.05) is 6.07 Å². The molecule has 0 aliphatic carbocycles. The number of hydrogen-bond donors (Lipinski definition) is 2. The van der Waals surface area contributed by atoms with Gasteiger partial charge in [-0.25, -0.2) is 0 Å². The Balaban J connectivity index is 2.33. The molecule has 1 aromatic carbocycles. The van der Waals surface area contributed by atoms with Crippen LogP contribution in [0, 0.1) is 5.41 Å². The predicted molar refractivity (Wildman–Crippen MR) is 74.6 cm³/mol. The van der Waals surface area contributed by atoms with Gasteiger partial charge in [0.15, 0.2) is 0 Å². The fourth-order valence-electron chi connectivity index (χ4n) is 2.56. The van der Waals surface area contributed by atoms with Gasteiger partial charge in [-0.2, -0.15) is 0 Å². The Morgan fingerprint density at radius 3 is 2.72 bits per heavy atom. The zero-order valence-electron chi connectivity index (χ0n) is 11.6. The summed E-state index contributed by atoms with van der Waals surface area (Å²) in [6, 6.07) is 6.60. The highest BCUT2D eigenvalue weighted by Crippen LogP contribution is 2.35. The van der Waals surface area contributed by atoms with Gasteiger partial charge in [-0.05, 0) is 29.2 Å². The number of amides is 1. The van der Waals surface area contributed by atoms with Crippen LogP contribution in [0.25, 0.3) is 0 Å². The van der Waals surface area contributed by atoms with Crippen molar-refractivity contribution in [3.63, 3.8) is 0 Å². The molecule has 0 saturated carbocycles. The van der Waals surface area contributed by atoms with Crippen molar-refractivity contribution in [2.24, 2.45) is 5.41 Å². The molecule has 1 atom stereocenters. The number of nitrogens with one attached hydrogen (secondary N) is 2. The summed E-state index contributed by atoms with van der Waals surface area (Å²) in [6.45, 7) is 9.76. The van der Waals surface area contributed by atoms with Crippen LogP contribution in [0.2, 0.25) is 0 Å². The summed E-state index contributed by atoms with van der Waals surface area (Å²) in [5.41, 5.74) is 3.50. The maximum Gasteiger partial charge on any atom is 0.228 e. The second-order valence-corrected chi connectivity index (χ2v) is 6.00. The number of carbonyl (C=O) groups is 1. The van der Waals surface area contributed by atoms with Gasteiger partial charge >= 0.3 is 0 Å². The maximum absolute atomic E-state index is 11.4. The van der Waals surface area contributed by atoms with E-state index < -0.39 is 0 Å². The normalized spacial score (nSPS) is 16.3. The van der Waals surface area contributed by atoms with Crippen molar-refractivity contribution < 1.29 is 4.79 Å². The predicted octanol–water partition coefficient (Wildman–Crippen LogP) is 2.88. The van der Waals surface area contributed by atoms with Gasteiger partial charge in [0.1, 0.15) is 0 Å². The third-order valence-electron chi connectivity index (χ3n) is 3.36. The van der Waals surface area contributed by atoms with E-state index in [0.29, 0.717) is 12.5 Å². The summed E-state index contributed by atoms with van der Waals surface area (Å²) >= 11 is 0. The second kappa shape index (κ2) is 4.73. The molecule has 2 rings (SSSR count). The first-order valence-corrected chi connectivity index (χ1v) is 6.58. The monoisotopic (exact) mass is 246 g/mol. The molecule has 1 aliphatic rings. The molecule has 18 heavy (non-hydrogen) atoms. The Kier molecular flexibility index (Phi) is 3.44. The van der Waals surface area contributed by atoms with Crippen LogP contribution in [-0.2, 0) is 11.2 Å². The van der Waals surface area contributed by atoms with Crippen LogP contribution < -0.4 is 10.6 Å². The first-order valence-electron chi connectivity index (χ1n) is 6.58. The maximum atomic E-state index is 11.4. The van der Waals surface area contributed by atoms with E-state index in [0.717, 1.165) is 17.8 Å². The van der Waals surface area contributed by atoms with Crippen molar-refractivity contribution in [2.45, 2.75) is 40.2 Å². The highest BCUT2D eigenvalue weighted by Gasteiger charge is 2.27. The van der Waals surface area contributed by atoms with Gasteiger partial charge in [-0.15, -0.1) is 0 Å². The summed E-state index contributed by atoms with van der Waals surface area (Å²) < 4.78 is 0. The minimum atomic E-state index is 0.0953. The molecule has 1 aliphatic heterocycles. The lowest BCUT2D eigenvalue weighted by atomic mass is 9.82. The average molecular weight is 246 g/mol. The SMILES string of the molecule is CCNC(c1ccc2c(c1)CC(=O)N2)C(C)(C)C. The third-order valence-corrected chi connectivity index (χ3v) is 3.36. The zero-order valence-corrected chi connectivity index (χ0v) is 11.6. The Morgan fingerprint density at radius 1 is 1.39 bits per heavy atom. The second-order valence-electron chi connectivity index (χ2n) is 6.00. The average Bonchev–Trinajstić information content (AvgIpc) is 2.63. The summed E-state index contributed by atoms with van der Waals surface area (Å²) in [7, 11) is 0. The molecule has 1 aromatic rings. The number of anilines is 1. The van der Waals surface area contributed by atoms with E-state index in [2.05, 4.69) is 50.5 Å². The third kappa shape index (κ3) is 2.56. The van der Waals surface area contributed by atoms with E-state index in [4.69, 9.17) is 0 Å². The van der Waals surface area contributed by atoms with E-state index in [1.54, 1.807) is 0 Å². The van der Waals surface area contributed by atoms with Gasteiger partial charge in [-0.1, -0.05) is 39.8 Å². The van der Waals surface area contributed by atoms with Crippen molar-refractivity contribution in [3.05, 3.63) is 29.3 Å². The molecule has 0 spiro atoms. The van der Waals surface area contributed by atoms with Gasteiger partial charge in [0, 0.05) is 11.7 Å². The van der Waals surface area contributed by atoms with Gasteiger partial charge < -0.3 is 10.6 Å².